The summed E-state index contributed by atoms with van der Waals surface area (Å²) in [6.07, 6.45) is 0.673. The first-order valence-electron chi connectivity index (χ1n) is 7.00. The standard InChI is InChI=1S/C16H16O6/c1-8(7-17)11-3-4-12(15(20)21)16(11)14(19)10-6-9(18)2-5-13(10)22-16/h2,5-6,11-12,17-18H,1,3-4,7H2,(H,20,21)/t11-,12+,16?/m0/s1. The van der Waals surface area contributed by atoms with Gasteiger partial charge in [-0.2, -0.15) is 0 Å². The number of benzene rings is 1. The van der Waals surface area contributed by atoms with Crippen LogP contribution in [0.5, 0.6) is 11.5 Å². The number of rotatable bonds is 3. The van der Waals surface area contributed by atoms with Gasteiger partial charge >= 0.3 is 5.97 Å². The van der Waals surface area contributed by atoms with Crippen LogP contribution in [-0.2, 0) is 4.79 Å². The number of aliphatic carboxylic acids is 1. The van der Waals surface area contributed by atoms with Crippen LogP contribution in [0.3, 0.4) is 0 Å². The Morgan fingerprint density at radius 2 is 2.05 bits per heavy atom. The number of phenols is 1. The lowest BCUT2D eigenvalue weighted by atomic mass is 9.76. The van der Waals surface area contributed by atoms with Crippen LogP contribution in [0.25, 0.3) is 0 Å². The van der Waals surface area contributed by atoms with Crippen LogP contribution in [0.2, 0.25) is 0 Å². The predicted molar refractivity (Wildman–Crippen MR) is 75.9 cm³/mol. The van der Waals surface area contributed by atoms with Gasteiger partial charge in [-0.1, -0.05) is 6.58 Å². The Balaban J connectivity index is 2.14. The number of carbonyl (C=O) groups is 2. The molecule has 0 bridgehead atoms. The fraction of sp³-hybridized carbons (Fsp3) is 0.375. The average molecular weight is 304 g/mol. The lowest BCUT2D eigenvalue weighted by Gasteiger charge is -2.33. The van der Waals surface area contributed by atoms with Crippen molar-refractivity contribution in [1.29, 1.82) is 0 Å². The molecule has 1 aliphatic carbocycles. The maximum atomic E-state index is 12.9. The molecule has 1 spiro atoms. The number of ether oxygens (including phenoxy) is 1. The maximum Gasteiger partial charge on any atom is 0.311 e. The molecule has 0 amide bonds. The lowest BCUT2D eigenvalue weighted by Crippen LogP contribution is -2.52. The Kier molecular flexibility index (Phi) is 3.21. The number of carboxylic acids is 1. The fourth-order valence-corrected chi connectivity index (χ4v) is 3.61. The van der Waals surface area contributed by atoms with Crippen molar-refractivity contribution < 1.29 is 29.6 Å². The zero-order valence-electron chi connectivity index (χ0n) is 11.8. The monoisotopic (exact) mass is 304 g/mol. The summed E-state index contributed by atoms with van der Waals surface area (Å²) in [4.78, 5) is 24.5. The van der Waals surface area contributed by atoms with E-state index in [2.05, 4.69) is 6.58 Å². The van der Waals surface area contributed by atoms with Gasteiger partial charge in [-0.3, -0.25) is 9.59 Å². The first kappa shape index (κ1) is 14.6. The van der Waals surface area contributed by atoms with Crippen LogP contribution in [0, 0.1) is 11.8 Å². The zero-order valence-corrected chi connectivity index (χ0v) is 11.8. The van der Waals surface area contributed by atoms with Crippen LogP contribution in [-0.4, -0.2) is 39.3 Å². The SMILES string of the molecule is C=C(CO)[C@@H]1CC[C@H](C(=O)O)C12Oc1ccc(O)cc1C2=O. The number of fused-ring (bicyclic) bond motifs is 1. The van der Waals surface area contributed by atoms with E-state index in [1.165, 1.54) is 18.2 Å². The highest BCUT2D eigenvalue weighted by Crippen LogP contribution is 2.53. The molecule has 1 saturated carbocycles. The molecule has 3 rings (SSSR count). The van der Waals surface area contributed by atoms with Gasteiger partial charge in [-0.25, -0.2) is 0 Å². The number of aromatic hydroxyl groups is 1. The van der Waals surface area contributed by atoms with Crippen LogP contribution >= 0.6 is 0 Å². The summed E-state index contributed by atoms with van der Waals surface area (Å²) < 4.78 is 5.82. The average Bonchev–Trinajstić information content (AvgIpc) is 2.99. The maximum absolute atomic E-state index is 12.9. The third-order valence-electron chi connectivity index (χ3n) is 4.61. The molecule has 1 fully saturated rings. The van der Waals surface area contributed by atoms with Gasteiger partial charge in [0.1, 0.15) is 17.4 Å². The largest absolute Gasteiger partial charge is 0.508 e. The van der Waals surface area contributed by atoms with E-state index in [0.717, 1.165) is 0 Å². The van der Waals surface area contributed by atoms with E-state index in [4.69, 9.17) is 4.74 Å². The topological polar surface area (TPSA) is 104 Å². The van der Waals surface area contributed by atoms with Crippen molar-refractivity contribution in [3.63, 3.8) is 0 Å². The van der Waals surface area contributed by atoms with Crippen molar-refractivity contribution in [3.8, 4) is 11.5 Å². The molecule has 1 heterocycles. The Bertz CT molecular complexity index is 679. The molecule has 1 unspecified atom stereocenters. The Morgan fingerprint density at radius 3 is 2.68 bits per heavy atom. The molecule has 116 valence electrons. The van der Waals surface area contributed by atoms with Gasteiger partial charge in [-0.15, -0.1) is 0 Å². The molecular formula is C16H16O6. The quantitative estimate of drug-likeness (QED) is 0.729. The first-order chi connectivity index (χ1) is 10.4. The highest BCUT2D eigenvalue weighted by Gasteiger charge is 2.64. The number of hydrogen-bond acceptors (Lipinski definition) is 5. The minimum atomic E-state index is -1.58. The number of hydrogen-bond donors (Lipinski definition) is 3. The van der Waals surface area contributed by atoms with Gasteiger partial charge in [0.15, 0.2) is 5.60 Å². The van der Waals surface area contributed by atoms with Crippen molar-refractivity contribution in [1.82, 2.24) is 0 Å². The zero-order chi connectivity index (χ0) is 16.1. The Labute approximate surface area is 126 Å². The molecule has 0 radical (unpaired) electrons. The number of Topliss-reactive ketones (excluding diaryl/α,β-unsaturated/α-hetero) is 1. The van der Waals surface area contributed by atoms with Crippen molar-refractivity contribution in [2.45, 2.75) is 18.4 Å². The first-order valence-corrected chi connectivity index (χ1v) is 7.00. The van der Waals surface area contributed by atoms with Crippen molar-refractivity contribution in [2.75, 3.05) is 6.61 Å². The van der Waals surface area contributed by atoms with Crippen molar-refractivity contribution in [2.24, 2.45) is 11.8 Å². The smallest absolute Gasteiger partial charge is 0.311 e. The van der Waals surface area contributed by atoms with Crippen LogP contribution in [0.15, 0.2) is 30.4 Å². The third kappa shape index (κ3) is 1.77. The van der Waals surface area contributed by atoms with E-state index in [0.29, 0.717) is 12.0 Å². The second kappa shape index (κ2) is 4.84. The van der Waals surface area contributed by atoms with E-state index in [9.17, 15) is 24.9 Å². The van der Waals surface area contributed by atoms with Crippen LogP contribution < -0.4 is 4.74 Å². The minimum absolute atomic E-state index is 0.0878. The summed E-state index contributed by atoms with van der Waals surface area (Å²) in [6, 6.07) is 4.11. The summed E-state index contributed by atoms with van der Waals surface area (Å²) in [5.41, 5.74) is -1.03. The van der Waals surface area contributed by atoms with Crippen LogP contribution in [0.1, 0.15) is 23.2 Å². The molecule has 1 aromatic rings. The highest BCUT2D eigenvalue weighted by atomic mass is 16.5. The molecule has 3 atom stereocenters. The molecule has 1 aromatic carbocycles. The third-order valence-corrected chi connectivity index (χ3v) is 4.61. The number of carboxylic acid groups (broad SMARTS) is 1. The number of ketones is 1. The second-order valence-electron chi connectivity index (χ2n) is 5.74. The molecule has 0 aromatic heterocycles. The predicted octanol–water partition coefficient (Wildman–Crippen LogP) is 1.37. The molecule has 3 N–H and O–H groups in total. The van der Waals surface area contributed by atoms with E-state index in [-0.39, 0.29) is 30.1 Å². The lowest BCUT2D eigenvalue weighted by molar-refractivity contribution is -0.146. The fourth-order valence-electron chi connectivity index (χ4n) is 3.61. The number of phenolic OH excluding ortho intramolecular Hbond substituents is 1. The summed E-state index contributed by atoms with van der Waals surface area (Å²) >= 11 is 0. The van der Waals surface area contributed by atoms with E-state index >= 15 is 0 Å². The molecule has 2 aliphatic rings. The second-order valence-corrected chi connectivity index (χ2v) is 5.74. The molecule has 6 heteroatoms. The minimum Gasteiger partial charge on any atom is -0.508 e. The van der Waals surface area contributed by atoms with E-state index in [1.54, 1.807) is 0 Å². The molecule has 0 saturated heterocycles. The van der Waals surface area contributed by atoms with Gasteiger partial charge in [-0.05, 0) is 36.6 Å². The highest BCUT2D eigenvalue weighted by molar-refractivity contribution is 6.10. The molecule has 6 nitrogen and oxygen atoms in total. The molecule has 22 heavy (non-hydrogen) atoms. The normalized spacial score (nSPS) is 29.4. The number of aliphatic hydroxyl groups excluding tert-OH is 1. The molecule has 1 aliphatic heterocycles. The summed E-state index contributed by atoms with van der Waals surface area (Å²) in [5, 5.41) is 28.4. The van der Waals surface area contributed by atoms with Gasteiger partial charge < -0.3 is 20.1 Å². The van der Waals surface area contributed by atoms with Gasteiger partial charge in [0.25, 0.3) is 0 Å². The van der Waals surface area contributed by atoms with E-state index < -0.39 is 29.2 Å². The Morgan fingerprint density at radius 1 is 1.36 bits per heavy atom. The van der Waals surface area contributed by atoms with E-state index in [1.807, 2.05) is 0 Å². The number of carbonyl (C=O) groups excluding carboxylic acids is 1. The number of aliphatic hydroxyl groups is 1. The molecular weight excluding hydrogens is 288 g/mol. The van der Waals surface area contributed by atoms with Gasteiger partial charge in [0.05, 0.1) is 12.2 Å². The van der Waals surface area contributed by atoms with Crippen LogP contribution in [0.4, 0.5) is 0 Å². The van der Waals surface area contributed by atoms with Crippen molar-refractivity contribution >= 4 is 11.8 Å². The van der Waals surface area contributed by atoms with Crippen molar-refractivity contribution in [3.05, 3.63) is 35.9 Å². The summed E-state index contributed by atoms with van der Waals surface area (Å²) in [6.45, 7) is 3.42. The van der Waals surface area contributed by atoms with Gasteiger partial charge in [0.2, 0.25) is 5.78 Å². The summed E-state index contributed by atoms with van der Waals surface area (Å²) in [5.74, 6) is -2.99. The summed E-state index contributed by atoms with van der Waals surface area (Å²) in [7, 11) is 0. The van der Waals surface area contributed by atoms with Gasteiger partial charge in [0, 0.05) is 5.92 Å². The Hall–Kier alpha value is -2.34.